The summed E-state index contributed by atoms with van der Waals surface area (Å²) in [6.45, 7) is 0.578. The Hall–Kier alpha value is -1.48. The van der Waals surface area contributed by atoms with Gasteiger partial charge in [0.05, 0.1) is 5.30 Å². The Kier molecular flexibility index (Phi) is 4.18. The molecule has 15 heavy (non-hydrogen) atoms. The lowest BCUT2D eigenvalue weighted by Gasteiger charge is -1.99. The van der Waals surface area contributed by atoms with Crippen LogP contribution in [-0.2, 0) is 6.42 Å². The lowest BCUT2D eigenvalue weighted by Crippen LogP contribution is -2.23. The number of hydrogen-bond acceptors (Lipinski definition) is 2. The monoisotopic (exact) mass is 226 g/mol. The number of hydrogen-bond donors (Lipinski definition) is 3. The van der Waals surface area contributed by atoms with Gasteiger partial charge in [-0.1, -0.05) is 6.07 Å². The number of amides is 1. The van der Waals surface area contributed by atoms with Crippen molar-refractivity contribution in [2.45, 2.75) is 12.8 Å². The maximum Gasteiger partial charge on any atom is 0.252 e. The molecule has 0 spiro atoms. The van der Waals surface area contributed by atoms with Gasteiger partial charge in [0.1, 0.15) is 0 Å². The molecule has 6 N–H and O–H groups in total. The first-order chi connectivity index (χ1) is 7.11. The van der Waals surface area contributed by atoms with Crippen LogP contribution in [0.3, 0.4) is 0 Å². The smallest absolute Gasteiger partial charge is 0.252 e. The molecule has 1 atom stereocenters. The normalized spacial score (nSPS) is 10.4. The topological polar surface area (TPSA) is 107 Å². The molecule has 82 valence electrons. The second-order valence-electron chi connectivity index (χ2n) is 3.15. The quantitative estimate of drug-likeness (QED) is 0.374. The van der Waals surface area contributed by atoms with Crippen LogP contribution in [0.25, 0.3) is 0 Å². The predicted molar refractivity (Wildman–Crippen MR) is 63.5 cm³/mol. The summed E-state index contributed by atoms with van der Waals surface area (Å²) in [7, 11) is 0.407. The Morgan fingerprint density at radius 2 is 2.13 bits per heavy atom. The predicted octanol–water partition coefficient (Wildman–Crippen LogP) is 0.0228. The van der Waals surface area contributed by atoms with Crippen LogP contribution in [0.5, 0.6) is 0 Å². The van der Waals surface area contributed by atoms with Gasteiger partial charge in [0.25, 0.3) is 5.91 Å². The lowest BCUT2D eigenvalue weighted by molar-refractivity contribution is 0.100. The SMILES string of the molecule is NC(=O)c1[pH]ccc1CCCN=C(N)N. The number of guanidine groups is 1. The standard InChI is InChI=1S/C9H15N4OP/c10-8(14)7-6(3-5-15-7)2-1-4-13-9(11)12/h3,5,15H,1-2,4H2,(H2,10,14)(H4,11,12,13). The minimum Gasteiger partial charge on any atom is -0.370 e. The molecule has 0 aliphatic heterocycles. The van der Waals surface area contributed by atoms with Gasteiger partial charge in [0, 0.05) is 6.54 Å². The first kappa shape index (κ1) is 11.6. The van der Waals surface area contributed by atoms with Gasteiger partial charge in [-0.25, -0.2) is 0 Å². The molecule has 0 radical (unpaired) electrons. The minimum absolute atomic E-state index is 0.0999. The Bertz CT molecular complexity index is 368. The first-order valence-electron chi connectivity index (χ1n) is 4.62. The fourth-order valence-corrected chi connectivity index (χ4v) is 2.30. The molecule has 0 fully saturated rings. The molecule has 1 heterocycles. The molecule has 1 rings (SSSR count). The van der Waals surface area contributed by atoms with E-state index in [-0.39, 0.29) is 11.9 Å². The highest BCUT2D eigenvalue weighted by Gasteiger charge is 2.07. The number of carbonyl (C=O) groups excluding carboxylic acids is 1. The van der Waals surface area contributed by atoms with Crippen LogP contribution >= 0.6 is 8.19 Å². The fraction of sp³-hybridized carbons (Fsp3) is 0.333. The molecule has 0 saturated heterocycles. The third-order valence-electron chi connectivity index (χ3n) is 1.98. The third-order valence-corrected chi connectivity index (χ3v) is 3.17. The largest absolute Gasteiger partial charge is 0.370 e. The number of primary amides is 1. The minimum atomic E-state index is -0.324. The van der Waals surface area contributed by atoms with Crippen LogP contribution in [0.2, 0.25) is 0 Å². The lowest BCUT2D eigenvalue weighted by atomic mass is 10.1. The highest BCUT2D eigenvalue weighted by atomic mass is 31.0. The van der Waals surface area contributed by atoms with E-state index in [1.54, 1.807) is 0 Å². The molecule has 1 aromatic rings. The van der Waals surface area contributed by atoms with Gasteiger partial charge in [0.2, 0.25) is 0 Å². The average molecular weight is 226 g/mol. The summed E-state index contributed by atoms with van der Waals surface area (Å²) < 4.78 is 0. The van der Waals surface area contributed by atoms with Crippen molar-refractivity contribution in [3.05, 3.63) is 22.7 Å². The van der Waals surface area contributed by atoms with E-state index in [4.69, 9.17) is 17.2 Å². The van der Waals surface area contributed by atoms with Crippen LogP contribution in [0.4, 0.5) is 0 Å². The number of aliphatic imine (C=N–C) groups is 1. The zero-order chi connectivity index (χ0) is 11.3. The second-order valence-corrected chi connectivity index (χ2v) is 4.27. The highest BCUT2D eigenvalue weighted by Crippen LogP contribution is 2.21. The molecule has 1 aromatic heterocycles. The van der Waals surface area contributed by atoms with Crippen LogP contribution in [0.1, 0.15) is 22.1 Å². The van der Waals surface area contributed by atoms with Crippen molar-refractivity contribution in [1.29, 1.82) is 0 Å². The van der Waals surface area contributed by atoms with Gasteiger partial charge >= 0.3 is 0 Å². The van der Waals surface area contributed by atoms with E-state index in [0.29, 0.717) is 14.7 Å². The molecule has 6 heteroatoms. The molecule has 0 aliphatic carbocycles. The summed E-state index contributed by atoms with van der Waals surface area (Å²) in [5.74, 6) is 1.74. The van der Waals surface area contributed by atoms with E-state index in [1.165, 1.54) is 0 Å². The molecule has 0 aliphatic rings. The van der Waals surface area contributed by atoms with Crippen molar-refractivity contribution in [2.24, 2.45) is 22.2 Å². The summed E-state index contributed by atoms with van der Waals surface area (Å²) in [4.78, 5) is 14.9. The van der Waals surface area contributed by atoms with Gasteiger partial charge in [-0.3, -0.25) is 9.79 Å². The van der Waals surface area contributed by atoms with Gasteiger partial charge in [-0.2, -0.15) is 0 Å². The van der Waals surface area contributed by atoms with Gasteiger partial charge in [0.15, 0.2) is 5.96 Å². The van der Waals surface area contributed by atoms with E-state index >= 15 is 0 Å². The summed E-state index contributed by atoms with van der Waals surface area (Å²) in [6.07, 6.45) is 1.61. The van der Waals surface area contributed by atoms with E-state index < -0.39 is 0 Å². The summed E-state index contributed by atoms with van der Waals surface area (Å²) in [5, 5.41) is 0.736. The maximum absolute atomic E-state index is 11.0. The van der Waals surface area contributed by atoms with Crippen molar-refractivity contribution >= 4 is 20.1 Å². The molecule has 1 amide bonds. The Morgan fingerprint density at radius 1 is 1.40 bits per heavy atom. The Balaban J connectivity index is 2.47. The summed E-state index contributed by atoms with van der Waals surface area (Å²) >= 11 is 0. The van der Waals surface area contributed by atoms with Crippen molar-refractivity contribution in [2.75, 3.05) is 6.54 Å². The summed E-state index contributed by atoms with van der Waals surface area (Å²) in [6, 6.07) is 1.95. The maximum atomic E-state index is 11.0. The molecule has 0 bridgehead atoms. The number of nitrogens with zero attached hydrogens (tertiary/aromatic N) is 1. The highest BCUT2D eigenvalue weighted by molar-refractivity contribution is 7.32. The second kappa shape index (κ2) is 5.41. The molecule has 1 unspecified atom stereocenters. The average Bonchev–Trinajstić information content (AvgIpc) is 2.60. The number of nitrogens with two attached hydrogens (primary N) is 3. The van der Waals surface area contributed by atoms with Crippen molar-refractivity contribution < 1.29 is 4.79 Å². The fourth-order valence-electron chi connectivity index (χ4n) is 1.32. The van der Waals surface area contributed by atoms with E-state index in [2.05, 4.69) is 4.99 Å². The van der Waals surface area contributed by atoms with Crippen LogP contribution in [0, 0.1) is 0 Å². The zero-order valence-corrected chi connectivity index (χ0v) is 9.36. The van der Waals surface area contributed by atoms with E-state index in [1.807, 2.05) is 11.9 Å². The van der Waals surface area contributed by atoms with Crippen molar-refractivity contribution in [1.82, 2.24) is 0 Å². The van der Waals surface area contributed by atoms with Gasteiger partial charge < -0.3 is 17.2 Å². The van der Waals surface area contributed by atoms with Crippen molar-refractivity contribution in [3.8, 4) is 0 Å². The molecule has 0 saturated carbocycles. The Morgan fingerprint density at radius 3 is 2.73 bits per heavy atom. The van der Waals surface area contributed by atoms with Gasteiger partial charge in [-0.05, 0) is 24.2 Å². The van der Waals surface area contributed by atoms with E-state index in [0.717, 1.165) is 23.7 Å². The molecule has 5 nitrogen and oxygen atoms in total. The number of aryl methyl sites for hydroxylation is 1. The number of carbonyl (C=O) groups is 1. The third kappa shape index (κ3) is 3.64. The van der Waals surface area contributed by atoms with Crippen molar-refractivity contribution in [3.63, 3.8) is 0 Å². The molecular formula is C9H15N4OP. The molecular weight excluding hydrogens is 211 g/mol. The zero-order valence-electron chi connectivity index (χ0n) is 8.36. The Labute approximate surface area is 89.8 Å². The van der Waals surface area contributed by atoms with Crippen LogP contribution in [0.15, 0.2) is 16.9 Å². The van der Waals surface area contributed by atoms with Crippen LogP contribution < -0.4 is 17.2 Å². The first-order valence-corrected chi connectivity index (χ1v) is 5.70. The molecule has 0 aromatic carbocycles. The van der Waals surface area contributed by atoms with Gasteiger partial charge in [-0.15, -0.1) is 8.19 Å². The summed E-state index contributed by atoms with van der Waals surface area (Å²) in [5.41, 5.74) is 16.6. The number of rotatable bonds is 5. The van der Waals surface area contributed by atoms with E-state index in [9.17, 15) is 4.79 Å². The van der Waals surface area contributed by atoms with Crippen LogP contribution in [-0.4, -0.2) is 18.4 Å².